The molecule has 1 aromatic carbocycles. The van der Waals surface area contributed by atoms with Gasteiger partial charge in [0.1, 0.15) is 5.75 Å². The minimum Gasteiger partial charge on any atom is -0.493 e. The van der Waals surface area contributed by atoms with Crippen molar-refractivity contribution in [1.29, 1.82) is 0 Å². The topological polar surface area (TPSA) is 9.23 Å². The van der Waals surface area contributed by atoms with E-state index in [1.54, 1.807) is 0 Å². The zero-order valence-corrected chi connectivity index (χ0v) is 13.9. The molecule has 108 valence electrons. The normalized spacial score (nSPS) is 12.9. The van der Waals surface area contributed by atoms with E-state index >= 15 is 0 Å². The van der Waals surface area contributed by atoms with Gasteiger partial charge in [0.2, 0.25) is 0 Å². The van der Waals surface area contributed by atoms with Crippen LogP contribution in [0.3, 0.4) is 0 Å². The van der Waals surface area contributed by atoms with E-state index in [1.807, 2.05) is 0 Å². The Morgan fingerprint density at radius 1 is 0.947 bits per heavy atom. The van der Waals surface area contributed by atoms with E-state index in [4.69, 9.17) is 4.74 Å². The van der Waals surface area contributed by atoms with Crippen molar-refractivity contribution in [2.24, 2.45) is 5.92 Å². The van der Waals surface area contributed by atoms with Gasteiger partial charge in [0.05, 0.1) is 6.61 Å². The summed E-state index contributed by atoms with van der Waals surface area (Å²) in [6.07, 6.45) is 0. The number of benzene rings is 1. The summed E-state index contributed by atoms with van der Waals surface area (Å²) in [5.41, 5.74) is 2.96. The molecule has 0 N–H and O–H groups in total. The van der Waals surface area contributed by atoms with Gasteiger partial charge in [-0.3, -0.25) is 0 Å². The third-order valence-electron chi connectivity index (χ3n) is 3.23. The first kappa shape index (κ1) is 16.1. The van der Waals surface area contributed by atoms with Crippen molar-refractivity contribution in [2.45, 2.75) is 66.2 Å². The highest BCUT2D eigenvalue weighted by atomic mass is 16.5. The molecule has 0 saturated carbocycles. The number of hydrogen-bond acceptors (Lipinski definition) is 1. The summed E-state index contributed by atoms with van der Waals surface area (Å²) in [5.74, 6) is 1.59. The lowest BCUT2D eigenvalue weighted by atomic mass is 9.80. The Bertz CT molecular complexity index is 416. The highest BCUT2D eigenvalue weighted by molar-refractivity contribution is 5.43. The number of hydrogen-bond donors (Lipinski definition) is 0. The van der Waals surface area contributed by atoms with E-state index in [0.29, 0.717) is 5.92 Å². The van der Waals surface area contributed by atoms with Crippen molar-refractivity contribution in [3.63, 3.8) is 0 Å². The molecule has 1 aromatic rings. The van der Waals surface area contributed by atoms with Crippen LogP contribution < -0.4 is 4.74 Å². The molecule has 0 unspecified atom stereocenters. The van der Waals surface area contributed by atoms with Gasteiger partial charge >= 0.3 is 0 Å². The van der Waals surface area contributed by atoms with E-state index in [1.165, 1.54) is 11.1 Å². The maximum atomic E-state index is 5.99. The third-order valence-corrected chi connectivity index (χ3v) is 3.23. The minimum atomic E-state index is 0.105. The molecule has 19 heavy (non-hydrogen) atoms. The van der Waals surface area contributed by atoms with E-state index in [9.17, 15) is 0 Å². The summed E-state index contributed by atoms with van der Waals surface area (Å²) in [5, 5.41) is 0. The highest BCUT2D eigenvalue weighted by Gasteiger charge is 2.23. The molecule has 0 aromatic heterocycles. The first-order valence-electron chi connectivity index (χ1n) is 7.29. The van der Waals surface area contributed by atoms with Crippen LogP contribution in [0.15, 0.2) is 18.2 Å². The van der Waals surface area contributed by atoms with Gasteiger partial charge in [-0.05, 0) is 33.9 Å². The second kappa shape index (κ2) is 5.56. The molecular formula is C18H30O. The van der Waals surface area contributed by atoms with E-state index in [0.717, 1.165) is 12.4 Å². The first-order chi connectivity index (χ1) is 8.51. The van der Waals surface area contributed by atoms with Crippen molar-refractivity contribution in [2.75, 3.05) is 6.61 Å². The summed E-state index contributed by atoms with van der Waals surface area (Å²) in [4.78, 5) is 0. The Hall–Kier alpha value is -0.980. The molecule has 0 amide bonds. The SMILES string of the molecule is CC(C)COc1ccc(C(C)(C)C)cc1C(C)(C)C. The van der Waals surface area contributed by atoms with Crippen LogP contribution >= 0.6 is 0 Å². The van der Waals surface area contributed by atoms with Crippen LogP contribution in [0.25, 0.3) is 0 Å². The Morgan fingerprint density at radius 2 is 1.53 bits per heavy atom. The van der Waals surface area contributed by atoms with Gasteiger partial charge in [0.25, 0.3) is 0 Å². The molecule has 0 bridgehead atoms. The van der Waals surface area contributed by atoms with E-state index in [-0.39, 0.29) is 10.8 Å². The van der Waals surface area contributed by atoms with Crippen molar-refractivity contribution in [3.05, 3.63) is 29.3 Å². The fourth-order valence-corrected chi connectivity index (χ4v) is 1.96. The molecule has 0 aliphatic carbocycles. The Balaban J connectivity index is 3.18. The Labute approximate surface area is 119 Å². The lowest BCUT2D eigenvalue weighted by Crippen LogP contribution is -2.18. The lowest BCUT2D eigenvalue weighted by molar-refractivity contribution is 0.264. The largest absolute Gasteiger partial charge is 0.493 e. The Kier molecular flexibility index (Phi) is 4.71. The van der Waals surface area contributed by atoms with Gasteiger partial charge in [-0.15, -0.1) is 0 Å². The van der Waals surface area contributed by atoms with Crippen LogP contribution in [-0.2, 0) is 10.8 Å². The highest BCUT2D eigenvalue weighted by Crippen LogP contribution is 2.35. The summed E-state index contributed by atoms with van der Waals surface area (Å²) in [6, 6.07) is 6.66. The van der Waals surface area contributed by atoms with Crippen LogP contribution in [-0.4, -0.2) is 6.61 Å². The van der Waals surface area contributed by atoms with Crippen LogP contribution in [0.1, 0.15) is 66.5 Å². The summed E-state index contributed by atoms with van der Waals surface area (Å²) >= 11 is 0. The second-order valence-corrected chi connectivity index (χ2v) is 7.92. The fraction of sp³-hybridized carbons (Fsp3) is 0.667. The standard InChI is InChI=1S/C18H30O/c1-13(2)12-19-16-10-9-14(17(3,4)5)11-15(16)18(6,7)8/h9-11,13H,12H2,1-8H3. The number of ether oxygens (including phenoxy) is 1. The molecule has 1 rings (SSSR count). The zero-order valence-electron chi connectivity index (χ0n) is 13.9. The molecule has 0 saturated heterocycles. The lowest BCUT2D eigenvalue weighted by Gasteiger charge is -2.27. The number of rotatable bonds is 3. The van der Waals surface area contributed by atoms with E-state index in [2.05, 4.69) is 73.6 Å². The molecule has 0 atom stereocenters. The third kappa shape index (κ3) is 4.56. The van der Waals surface area contributed by atoms with Gasteiger partial charge in [-0.1, -0.05) is 67.5 Å². The predicted molar refractivity (Wildman–Crippen MR) is 84.2 cm³/mol. The summed E-state index contributed by atoms with van der Waals surface area (Å²) in [7, 11) is 0. The van der Waals surface area contributed by atoms with Gasteiger partial charge in [-0.25, -0.2) is 0 Å². The molecule has 0 heterocycles. The molecule has 1 heteroatoms. The summed E-state index contributed by atoms with van der Waals surface area (Å²) < 4.78 is 5.99. The fourth-order valence-electron chi connectivity index (χ4n) is 1.96. The molecule has 0 fully saturated rings. The average molecular weight is 262 g/mol. The van der Waals surface area contributed by atoms with Crippen LogP contribution in [0.5, 0.6) is 5.75 Å². The molecule has 0 radical (unpaired) electrons. The van der Waals surface area contributed by atoms with Gasteiger partial charge < -0.3 is 4.74 Å². The molecule has 0 aliphatic heterocycles. The van der Waals surface area contributed by atoms with Gasteiger partial charge in [-0.2, -0.15) is 0 Å². The van der Waals surface area contributed by atoms with Crippen molar-refractivity contribution in [1.82, 2.24) is 0 Å². The maximum absolute atomic E-state index is 5.99. The molecular weight excluding hydrogens is 232 g/mol. The quantitative estimate of drug-likeness (QED) is 0.716. The minimum absolute atomic E-state index is 0.105. The van der Waals surface area contributed by atoms with Crippen molar-refractivity contribution >= 4 is 0 Å². The van der Waals surface area contributed by atoms with Crippen LogP contribution in [0, 0.1) is 5.92 Å². The van der Waals surface area contributed by atoms with Gasteiger partial charge in [0.15, 0.2) is 0 Å². The van der Waals surface area contributed by atoms with E-state index < -0.39 is 0 Å². The van der Waals surface area contributed by atoms with Crippen LogP contribution in [0.4, 0.5) is 0 Å². The smallest absolute Gasteiger partial charge is 0.123 e. The van der Waals surface area contributed by atoms with Crippen molar-refractivity contribution < 1.29 is 4.74 Å². The monoisotopic (exact) mass is 262 g/mol. The second-order valence-electron chi connectivity index (χ2n) is 7.92. The van der Waals surface area contributed by atoms with Crippen LogP contribution in [0.2, 0.25) is 0 Å². The Morgan fingerprint density at radius 3 is 1.95 bits per heavy atom. The average Bonchev–Trinajstić information content (AvgIpc) is 2.23. The maximum Gasteiger partial charge on any atom is 0.123 e. The molecule has 0 aliphatic rings. The van der Waals surface area contributed by atoms with Crippen molar-refractivity contribution in [3.8, 4) is 5.75 Å². The van der Waals surface area contributed by atoms with Gasteiger partial charge in [0, 0.05) is 0 Å². The molecule has 1 nitrogen and oxygen atoms in total. The molecule has 0 spiro atoms. The first-order valence-corrected chi connectivity index (χ1v) is 7.29. The summed E-state index contributed by atoms with van der Waals surface area (Å²) in [6.45, 7) is 18.6. The predicted octanol–water partition coefficient (Wildman–Crippen LogP) is 5.32. The zero-order chi connectivity index (χ0) is 14.8.